The molecule has 8 heteroatoms. The van der Waals surface area contributed by atoms with Crippen LogP contribution in [0.15, 0.2) is 72.0 Å². The van der Waals surface area contributed by atoms with Crippen molar-refractivity contribution in [2.75, 3.05) is 13.2 Å². The van der Waals surface area contributed by atoms with Gasteiger partial charge < -0.3 is 10.1 Å². The maximum atomic E-state index is 11.8. The van der Waals surface area contributed by atoms with Gasteiger partial charge in [0.25, 0.3) is 11.8 Å². The van der Waals surface area contributed by atoms with Gasteiger partial charge in [0.1, 0.15) is 5.75 Å². The van der Waals surface area contributed by atoms with Crippen molar-refractivity contribution in [3.8, 4) is 17.0 Å². The Kier molecular flexibility index (Phi) is 6.51. The van der Waals surface area contributed by atoms with Gasteiger partial charge in [-0.25, -0.2) is 5.43 Å². The van der Waals surface area contributed by atoms with E-state index in [1.165, 1.54) is 6.21 Å². The van der Waals surface area contributed by atoms with Gasteiger partial charge in [-0.3, -0.25) is 14.7 Å². The van der Waals surface area contributed by atoms with Gasteiger partial charge in [-0.15, -0.1) is 0 Å². The summed E-state index contributed by atoms with van der Waals surface area (Å²) in [5.74, 6) is -0.265. The van der Waals surface area contributed by atoms with Crippen LogP contribution in [0.4, 0.5) is 0 Å². The van der Waals surface area contributed by atoms with Gasteiger partial charge in [-0.05, 0) is 12.1 Å². The maximum absolute atomic E-state index is 11.8. The van der Waals surface area contributed by atoms with Gasteiger partial charge in [-0.2, -0.15) is 10.2 Å². The number of H-pyrrole nitrogens is 1. The van der Waals surface area contributed by atoms with Gasteiger partial charge in [0.2, 0.25) is 0 Å². The Hall–Kier alpha value is -3.94. The van der Waals surface area contributed by atoms with Gasteiger partial charge in [0.05, 0.1) is 24.7 Å². The standard InChI is InChI=1S/C20H19N5O3/c26-18(13-21-19(27)14-28-17-9-5-2-6-10-17)24-22-11-16-12-23-25-20(16)15-7-3-1-4-8-15/h1-12H,13-14H2,(H,21,27)(H,23,25)(H,24,26). The van der Waals surface area contributed by atoms with E-state index in [-0.39, 0.29) is 13.2 Å². The van der Waals surface area contributed by atoms with Crippen LogP contribution in [0.5, 0.6) is 5.75 Å². The molecule has 1 heterocycles. The number of nitrogens with zero attached hydrogens (tertiary/aromatic N) is 2. The molecule has 28 heavy (non-hydrogen) atoms. The topological polar surface area (TPSA) is 108 Å². The zero-order valence-corrected chi connectivity index (χ0v) is 15.0. The molecular formula is C20H19N5O3. The molecule has 2 aromatic carbocycles. The molecule has 0 saturated heterocycles. The van der Waals surface area contributed by atoms with Crippen LogP contribution in [0.1, 0.15) is 5.56 Å². The highest BCUT2D eigenvalue weighted by Gasteiger charge is 2.07. The molecule has 0 aliphatic heterocycles. The first kappa shape index (κ1) is 18.8. The lowest BCUT2D eigenvalue weighted by Crippen LogP contribution is -2.37. The Morgan fingerprint density at radius 2 is 1.75 bits per heavy atom. The summed E-state index contributed by atoms with van der Waals surface area (Å²) in [6.07, 6.45) is 3.10. The minimum atomic E-state index is -0.450. The fraction of sp³-hybridized carbons (Fsp3) is 0.100. The molecule has 2 amide bonds. The molecule has 0 aliphatic carbocycles. The lowest BCUT2D eigenvalue weighted by atomic mass is 10.1. The summed E-state index contributed by atoms with van der Waals surface area (Å²) in [4.78, 5) is 23.5. The molecule has 0 fully saturated rings. The average molecular weight is 377 g/mol. The van der Waals surface area contributed by atoms with E-state index in [0.29, 0.717) is 5.75 Å². The van der Waals surface area contributed by atoms with E-state index in [2.05, 4.69) is 26.0 Å². The number of ether oxygens (including phenoxy) is 1. The number of benzene rings is 2. The highest BCUT2D eigenvalue weighted by molar-refractivity contribution is 5.90. The molecule has 3 rings (SSSR count). The van der Waals surface area contributed by atoms with Crippen molar-refractivity contribution in [2.45, 2.75) is 0 Å². The Labute approximate surface area is 161 Å². The Morgan fingerprint density at radius 3 is 2.50 bits per heavy atom. The lowest BCUT2D eigenvalue weighted by Gasteiger charge is -2.06. The highest BCUT2D eigenvalue weighted by atomic mass is 16.5. The zero-order valence-electron chi connectivity index (χ0n) is 15.0. The normalized spacial score (nSPS) is 10.6. The smallest absolute Gasteiger partial charge is 0.259 e. The Morgan fingerprint density at radius 1 is 1.04 bits per heavy atom. The first-order chi connectivity index (χ1) is 13.7. The van der Waals surface area contributed by atoms with Crippen LogP contribution in [0.2, 0.25) is 0 Å². The summed E-state index contributed by atoms with van der Waals surface area (Å²) in [6.45, 7) is -0.374. The molecule has 0 bridgehead atoms. The fourth-order valence-electron chi connectivity index (χ4n) is 2.34. The molecule has 3 N–H and O–H groups in total. The van der Waals surface area contributed by atoms with Crippen LogP contribution in [-0.2, 0) is 9.59 Å². The van der Waals surface area contributed by atoms with E-state index >= 15 is 0 Å². The van der Waals surface area contributed by atoms with Gasteiger partial charge >= 0.3 is 0 Å². The molecule has 142 valence electrons. The largest absolute Gasteiger partial charge is 0.484 e. The van der Waals surface area contributed by atoms with Gasteiger partial charge in [0.15, 0.2) is 6.61 Å². The number of amides is 2. The second-order valence-electron chi connectivity index (χ2n) is 5.74. The third kappa shape index (κ3) is 5.53. The summed E-state index contributed by atoms with van der Waals surface area (Å²) in [5, 5.41) is 13.3. The number of nitrogens with one attached hydrogen (secondary N) is 3. The number of hydrazone groups is 1. The molecule has 0 atom stereocenters. The second-order valence-corrected chi connectivity index (χ2v) is 5.74. The molecule has 8 nitrogen and oxygen atoms in total. The van der Waals surface area contributed by atoms with Crippen LogP contribution in [0.25, 0.3) is 11.3 Å². The van der Waals surface area contributed by atoms with Gasteiger partial charge in [0, 0.05) is 11.1 Å². The van der Waals surface area contributed by atoms with Crippen molar-refractivity contribution in [2.24, 2.45) is 5.10 Å². The summed E-state index contributed by atoms with van der Waals surface area (Å²) in [7, 11) is 0. The quantitative estimate of drug-likeness (QED) is 0.410. The third-order valence-electron chi connectivity index (χ3n) is 3.68. The van der Waals surface area contributed by atoms with Crippen molar-refractivity contribution in [3.63, 3.8) is 0 Å². The number of hydrogen-bond acceptors (Lipinski definition) is 5. The van der Waals surface area contributed by atoms with Gasteiger partial charge in [-0.1, -0.05) is 48.5 Å². The zero-order chi connectivity index (χ0) is 19.6. The van der Waals surface area contributed by atoms with Crippen molar-refractivity contribution in [1.82, 2.24) is 20.9 Å². The van der Waals surface area contributed by atoms with E-state index in [9.17, 15) is 9.59 Å². The van der Waals surface area contributed by atoms with Crippen LogP contribution in [0.3, 0.4) is 0 Å². The third-order valence-corrected chi connectivity index (χ3v) is 3.68. The number of para-hydroxylation sites is 1. The molecule has 0 radical (unpaired) electrons. The number of hydrogen-bond donors (Lipinski definition) is 3. The van der Waals surface area contributed by atoms with E-state index in [4.69, 9.17) is 4.74 Å². The molecule has 0 saturated carbocycles. The summed E-state index contributed by atoms with van der Waals surface area (Å²) < 4.78 is 5.30. The number of aromatic nitrogens is 2. The summed E-state index contributed by atoms with van der Waals surface area (Å²) in [6, 6.07) is 18.6. The molecule has 0 spiro atoms. The van der Waals surface area contributed by atoms with Crippen LogP contribution >= 0.6 is 0 Å². The number of rotatable bonds is 8. The second kappa shape index (κ2) is 9.67. The summed E-state index contributed by atoms with van der Waals surface area (Å²) in [5.41, 5.74) is 4.84. The SMILES string of the molecule is O=C(COc1ccccc1)NCC(=O)NN=Cc1cn[nH]c1-c1ccccc1. The first-order valence-corrected chi connectivity index (χ1v) is 8.57. The molecule has 1 aromatic heterocycles. The maximum Gasteiger partial charge on any atom is 0.259 e. The van der Waals surface area contributed by atoms with E-state index < -0.39 is 11.8 Å². The molecule has 0 aliphatic rings. The Balaban J connectivity index is 1.42. The van der Waals surface area contributed by atoms with Crippen LogP contribution < -0.4 is 15.5 Å². The van der Waals surface area contributed by atoms with Crippen LogP contribution in [0, 0.1) is 0 Å². The van der Waals surface area contributed by atoms with E-state index in [1.807, 2.05) is 48.5 Å². The van der Waals surface area contributed by atoms with Crippen molar-refractivity contribution < 1.29 is 14.3 Å². The monoisotopic (exact) mass is 377 g/mol. The van der Waals surface area contributed by atoms with E-state index in [1.54, 1.807) is 18.3 Å². The van der Waals surface area contributed by atoms with Crippen molar-refractivity contribution >= 4 is 18.0 Å². The minimum absolute atomic E-state index is 0.171. The number of carbonyl (C=O) groups is 2. The minimum Gasteiger partial charge on any atom is -0.484 e. The number of carbonyl (C=O) groups excluding carboxylic acids is 2. The predicted octanol–water partition coefficient (Wildman–Crippen LogP) is 1.72. The molecular weight excluding hydrogens is 358 g/mol. The highest BCUT2D eigenvalue weighted by Crippen LogP contribution is 2.18. The molecule has 3 aromatic rings. The van der Waals surface area contributed by atoms with E-state index in [0.717, 1.165) is 16.8 Å². The number of aromatic amines is 1. The predicted molar refractivity (Wildman–Crippen MR) is 105 cm³/mol. The lowest BCUT2D eigenvalue weighted by molar-refractivity contribution is -0.127. The summed E-state index contributed by atoms with van der Waals surface area (Å²) >= 11 is 0. The fourth-order valence-corrected chi connectivity index (χ4v) is 2.34. The Bertz CT molecular complexity index is 939. The van der Waals surface area contributed by atoms with Crippen molar-refractivity contribution in [1.29, 1.82) is 0 Å². The van der Waals surface area contributed by atoms with Crippen LogP contribution in [-0.4, -0.2) is 41.4 Å². The molecule has 0 unspecified atom stereocenters. The average Bonchev–Trinajstić information content (AvgIpc) is 3.21. The first-order valence-electron chi connectivity index (χ1n) is 8.57. The van der Waals surface area contributed by atoms with Crippen molar-refractivity contribution in [3.05, 3.63) is 72.4 Å².